The molecule has 0 spiro atoms. The van der Waals surface area contributed by atoms with Crippen molar-refractivity contribution in [1.82, 2.24) is 5.32 Å². The number of benzene rings is 1. The number of phenolic OH excluding ortho intramolecular Hbond substituents is 1. The van der Waals surface area contributed by atoms with Gasteiger partial charge < -0.3 is 10.4 Å². The standard InChI is InChI=1S/C15H23NO2/c1-2-3-4-5-6-7-11-16-15(18)13-9-8-10-14(17)12-13/h8-10,12,17H,2-7,11H2,1H3,(H,16,18). The Morgan fingerprint density at radius 2 is 1.89 bits per heavy atom. The molecule has 3 nitrogen and oxygen atoms in total. The van der Waals surface area contributed by atoms with Crippen LogP contribution < -0.4 is 5.32 Å². The molecular weight excluding hydrogens is 226 g/mol. The molecule has 0 saturated heterocycles. The molecule has 2 N–H and O–H groups in total. The van der Waals surface area contributed by atoms with Crippen LogP contribution in [0.2, 0.25) is 0 Å². The third kappa shape index (κ3) is 5.71. The van der Waals surface area contributed by atoms with E-state index in [1.807, 2.05) is 0 Å². The Hall–Kier alpha value is -1.51. The molecule has 0 fully saturated rings. The summed E-state index contributed by atoms with van der Waals surface area (Å²) in [5.74, 6) is 0.0154. The van der Waals surface area contributed by atoms with E-state index in [9.17, 15) is 9.90 Å². The summed E-state index contributed by atoms with van der Waals surface area (Å²) in [7, 11) is 0. The lowest BCUT2D eigenvalue weighted by atomic mass is 10.1. The molecule has 18 heavy (non-hydrogen) atoms. The average molecular weight is 249 g/mol. The first-order valence-corrected chi connectivity index (χ1v) is 6.81. The first kappa shape index (κ1) is 14.6. The monoisotopic (exact) mass is 249 g/mol. The van der Waals surface area contributed by atoms with Crippen molar-refractivity contribution >= 4 is 5.91 Å². The Kier molecular flexibility index (Phi) is 6.92. The van der Waals surface area contributed by atoms with Crippen molar-refractivity contribution in [3.05, 3.63) is 29.8 Å². The Bertz CT molecular complexity index is 363. The van der Waals surface area contributed by atoms with E-state index in [0.29, 0.717) is 12.1 Å². The van der Waals surface area contributed by atoms with Crippen molar-refractivity contribution < 1.29 is 9.90 Å². The third-order valence-electron chi connectivity index (χ3n) is 2.92. The number of nitrogens with one attached hydrogen (secondary N) is 1. The fourth-order valence-corrected chi connectivity index (χ4v) is 1.86. The van der Waals surface area contributed by atoms with E-state index in [-0.39, 0.29) is 11.7 Å². The molecule has 0 aliphatic heterocycles. The zero-order valence-corrected chi connectivity index (χ0v) is 11.1. The fraction of sp³-hybridized carbons (Fsp3) is 0.533. The van der Waals surface area contributed by atoms with E-state index in [0.717, 1.165) is 6.42 Å². The van der Waals surface area contributed by atoms with E-state index >= 15 is 0 Å². The predicted octanol–water partition coefficient (Wildman–Crippen LogP) is 3.48. The van der Waals surface area contributed by atoms with E-state index in [2.05, 4.69) is 12.2 Å². The number of hydrogen-bond donors (Lipinski definition) is 2. The van der Waals surface area contributed by atoms with Crippen LogP contribution in [0.25, 0.3) is 0 Å². The molecule has 0 saturated carbocycles. The van der Waals surface area contributed by atoms with Crippen LogP contribution in [0.15, 0.2) is 24.3 Å². The molecule has 1 rings (SSSR count). The van der Waals surface area contributed by atoms with Gasteiger partial charge in [0.05, 0.1) is 0 Å². The molecule has 100 valence electrons. The second-order valence-electron chi connectivity index (χ2n) is 4.57. The average Bonchev–Trinajstić information content (AvgIpc) is 2.37. The number of rotatable bonds is 8. The lowest BCUT2D eigenvalue weighted by Crippen LogP contribution is -2.24. The van der Waals surface area contributed by atoms with Crippen LogP contribution in [0.4, 0.5) is 0 Å². The number of hydrogen-bond acceptors (Lipinski definition) is 2. The van der Waals surface area contributed by atoms with Crippen LogP contribution in [-0.4, -0.2) is 17.6 Å². The summed E-state index contributed by atoms with van der Waals surface area (Å²) in [6, 6.07) is 6.42. The van der Waals surface area contributed by atoms with Crippen molar-refractivity contribution in [3.63, 3.8) is 0 Å². The van der Waals surface area contributed by atoms with E-state index in [1.165, 1.54) is 38.2 Å². The molecule has 0 aliphatic carbocycles. The smallest absolute Gasteiger partial charge is 0.251 e. The Morgan fingerprint density at radius 1 is 1.17 bits per heavy atom. The molecule has 0 radical (unpaired) electrons. The van der Waals surface area contributed by atoms with Crippen LogP contribution in [-0.2, 0) is 0 Å². The summed E-state index contributed by atoms with van der Waals surface area (Å²) in [5.41, 5.74) is 0.515. The largest absolute Gasteiger partial charge is 0.508 e. The fourth-order valence-electron chi connectivity index (χ4n) is 1.86. The molecule has 1 aromatic rings. The van der Waals surface area contributed by atoms with E-state index in [4.69, 9.17) is 0 Å². The number of carbonyl (C=O) groups excluding carboxylic acids is 1. The lowest BCUT2D eigenvalue weighted by Gasteiger charge is -2.05. The maximum absolute atomic E-state index is 11.7. The minimum atomic E-state index is -0.112. The highest BCUT2D eigenvalue weighted by molar-refractivity contribution is 5.94. The van der Waals surface area contributed by atoms with Gasteiger partial charge in [-0.05, 0) is 24.6 Å². The molecular formula is C15H23NO2. The van der Waals surface area contributed by atoms with Gasteiger partial charge in [0.1, 0.15) is 5.75 Å². The SMILES string of the molecule is CCCCCCCCNC(=O)c1cccc(O)c1. The van der Waals surface area contributed by atoms with Gasteiger partial charge in [-0.15, -0.1) is 0 Å². The topological polar surface area (TPSA) is 49.3 Å². The number of carbonyl (C=O) groups is 1. The Morgan fingerprint density at radius 3 is 2.61 bits per heavy atom. The molecule has 0 aliphatic rings. The molecule has 1 amide bonds. The van der Waals surface area contributed by atoms with Gasteiger partial charge >= 0.3 is 0 Å². The second-order valence-corrected chi connectivity index (χ2v) is 4.57. The first-order chi connectivity index (χ1) is 8.74. The number of amides is 1. The van der Waals surface area contributed by atoms with Crippen LogP contribution in [0.5, 0.6) is 5.75 Å². The zero-order chi connectivity index (χ0) is 13.2. The van der Waals surface area contributed by atoms with Crippen molar-refractivity contribution in [2.24, 2.45) is 0 Å². The normalized spacial score (nSPS) is 10.3. The van der Waals surface area contributed by atoms with Crippen LogP contribution in [0, 0.1) is 0 Å². The highest BCUT2D eigenvalue weighted by atomic mass is 16.3. The van der Waals surface area contributed by atoms with Gasteiger partial charge in [-0.25, -0.2) is 0 Å². The van der Waals surface area contributed by atoms with Gasteiger partial charge in [0.2, 0.25) is 0 Å². The summed E-state index contributed by atoms with van der Waals surface area (Å²) in [4.78, 5) is 11.7. The van der Waals surface area contributed by atoms with Crippen molar-refractivity contribution in [1.29, 1.82) is 0 Å². The first-order valence-electron chi connectivity index (χ1n) is 6.81. The summed E-state index contributed by atoms with van der Waals surface area (Å²) in [6.45, 7) is 2.91. The minimum absolute atomic E-state index is 0.112. The van der Waals surface area contributed by atoms with Crippen molar-refractivity contribution in [2.45, 2.75) is 45.4 Å². The van der Waals surface area contributed by atoms with Gasteiger partial charge in [0.15, 0.2) is 0 Å². The van der Waals surface area contributed by atoms with Crippen molar-refractivity contribution in [3.8, 4) is 5.75 Å². The molecule has 0 heterocycles. The molecule has 0 aromatic heterocycles. The number of phenols is 1. The molecule has 1 aromatic carbocycles. The summed E-state index contributed by atoms with van der Waals surface area (Å²) >= 11 is 0. The highest BCUT2D eigenvalue weighted by Crippen LogP contribution is 2.10. The summed E-state index contributed by atoms with van der Waals surface area (Å²) < 4.78 is 0. The molecule has 0 unspecified atom stereocenters. The minimum Gasteiger partial charge on any atom is -0.508 e. The van der Waals surface area contributed by atoms with E-state index < -0.39 is 0 Å². The van der Waals surface area contributed by atoms with Crippen LogP contribution in [0.1, 0.15) is 55.8 Å². The maximum Gasteiger partial charge on any atom is 0.251 e. The van der Waals surface area contributed by atoms with Crippen molar-refractivity contribution in [2.75, 3.05) is 6.54 Å². The third-order valence-corrected chi connectivity index (χ3v) is 2.92. The van der Waals surface area contributed by atoms with Gasteiger partial charge in [0.25, 0.3) is 5.91 Å². The van der Waals surface area contributed by atoms with Gasteiger partial charge in [-0.2, -0.15) is 0 Å². The molecule has 0 bridgehead atoms. The quantitative estimate of drug-likeness (QED) is 0.693. The highest BCUT2D eigenvalue weighted by Gasteiger charge is 2.04. The van der Waals surface area contributed by atoms with Gasteiger partial charge in [-0.1, -0.05) is 45.1 Å². The Labute approximate surface area is 109 Å². The zero-order valence-electron chi connectivity index (χ0n) is 11.1. The maximum atomic E-state index is 11.7. The van der Waals surface area contributed by atoms with Crippen LogP contribution >= 0.6 is 0 Å². The summed E-state index contributed by atoms with van der Waals surface area (Å²) in [6.07, 6.45) is 7.28. The lowest BCUT2D eigenvalue weighted by molar-refractivity contribution is 0.0952. The summed E-state index contributed by atoms with van der Waals surface area (Å²) in [5, 5.41) is 12.1. The number of unbranched alkanes of at least 4 members (excludes halogenated alkanes) is 5. The Balaban J connectivity index is 2.14. The predicted molar refractivity (Wildman–Crippen MR) is 73.8 cm³/mol. The molecule has 0 atom stereocenters. The second kappa shape index (κ2) is 8.56. The number of aromatic hydroxyl groups is 1. The van der Waals surface area contributed by atoms with E-state index in [1.54, 1.807) is 18.2 Å². The van der Waals surface area contributed by atoms with Crippen LogP contribution in [0.3, 0.4) is 0 Å². The van der Waals surface area contributed by atoms with Gasteiger partial charge in [0, 0.05) is 12.1 Å². The molecule has 3 heteroatoms. The van der Waals surface area contributed by atoms with Gasteiger partial charge in [-0.3, -0.25) is 4.79 Å².